The Kier molecular flexibility index (Phi) is 4.55. The Labute approximate surface area is 234 Å². The van der Waals surface area contributed by atoms with Crippen molar-refractivity contribution in [2.24, 2.45) is 0 Å². The summed E-state index contributed by atoms with van der Waals surface area (Å²) in [7, 11) is 0. The first-order valence-electron chi connectivity index (χ1n) is 13.6. The van der Waals surface area contributed by atoms with Crippen molar-refractivity contribution in [3.8, 4) is 22.3 Å². The van der Waals surface area contributed by atoms with E-state index in [0.29, 0.717) is 0 Å². The van der Waals surface area contributed by atoms with Gasteiger partial charge in [0.2, 0.25) is 0 Å². The van der Waals surface area contributed by atoms with Gasteiger partial charge in [0.15, 0.2) is 4.90 Å². The number of furan rings is 1. The molecular formula is C38H22OS. The molecule has 2 aromatic heterocycles. The third-order valence-corrected chi connectivity index (χ3v) is 9.32. The molecule has 0 unspecified atom stereocenters. The monoisotopic (exact) mass is 526 g/mol. The van der Waals surface area contributed by atoms with Crippen LogP contribution in [0.4, 0.5) is 0 Å². The molecule has 0 aliphatic rings. The minimum atomic E-state index is 0.942. The van der Waals surface area contributed by atoms with E-state index in [9.17, 15) is 0 Å². The van der Waals surface area contributed by atoms with Gasteiger partial charge in [-0.1, -0.05) is 121 Å². The van der Waals surface area contributed by atoms with Crippen LogP contribution in [0.3, 0.4) is 0 Å². The maximum Gasteiger partial charge on any atom is 0.190 e. The van der Waals surface area contributed by atoms with Gasteiger partial charge in [-0.05, 0) is 78.8 Å². The van der Waals surface area contributed by atoms with Crippen LogP contribution in [0, 0.1) is 0 Å². The molecule has 7 aromatic carbocycles. The van der Waals surface area contributed by atoms with Crippen molar-refractivity contribution in [1.82, 2.24) is 0 Å². The quantitative estimate of drug-likeness (QED) is 0.204. The molecule has 2 heteroatoms. The summed E-state index contributed by atoms with van der Waals surface area (Å²) in [6.07, 6.45) is 0. The van der Waals surface area contributed by atoms with E-state index in [1.165, 1.54) is 75.4 Å². The Balaban J connectivity index is 1.38. The van der Waals surface area contributed by atoms with Gasteiger partial charge in [-0.25, -0.2) is 0 Å². The first kappa shape index (κ1) is 22.0. The van der Waals surface area contributed by atoms with E-state index in [-0.39, 0.29) is 0 Å². The molecule has 0 aliphatic heterocycles. The fraction of sp³-hybridized carbons (Fsp3) is 0. The lowest BCUT2D eigenvalue weighted by Crippen LogP contribution is -1.91. The molecule has 0 N–H and O–H groups in total. The molecule has 1 nitrogen and oxygen atoms in total. The van der Waals surface area contributed by atoms with Gasteiger partial charge in [0.25, 0.3) is 0 Å². The molecular weight excluding hydrogens is 504 g/mol. The Bertz CT molecular complexity index is 2380. The summed E-state index contributed by atoms with van der Waals surface area (Å²) in [5, 5.41) is 11.2. The second-order valence-electron chi connectivity index (χ2n) is 10.5. The van der Waals surface area contributed by atoms with Crippen molar-refractivity contribution in [3.63, 3.8) is 0 Å². The van der Waals surface area contributed by atoms with Crippen LogP contribution in [0.5, 0.6) is 0 Å². The largest absolute Gasteiger partial charge is 0.445 e. The molecule has 0 amide bonds. The highest BCUT2D eigenvalue weighted by Gasteiger charge is 2.19. The minimum absolute atomic E-state index is 0.942. The van der Waals surface area contributed by atoms with Crippen molar-refractivity contribution in [1.29, 1.82) is 0 Å². The molecule has 0 aliphatic carbocycles. The van der Waals surface area contributed by atoms with Crippen LogP contribution in [-0.2, 0) is 0 Å². The van der Waals surface area contributed by atoms with Gasteiger partial charge in [0, 0.05) is 20.9 Å². The number of hydrogen-bond donors (Lipinski definition) is 0. The Hall–Kier alpha value is -4.92. The third-order valence-electron chi connectivity index (χ3n) is 8.27. The van der Waals surface area contributed by atoms with Crippen LogP contribution >= 0.6 is 11.3 Å². The average molecular weight is 527 g/mol. The van der Waals surface area contributed by atoms with E-state index in [1.54, 1.807) is 11.3 Å². The van der Waals surface area contributed by atoms with Crippen LogP contribution in [0.2, 0.25) is 0 Å². The van der Waals surface area contributed by atoms with Gasteiger partial charge in [0.05, 0.1) is 0 Å². The lowest BCUT2D eigenvalue weighted by Gasteiger charge is -2.18. The summed E-state index contributed by atoms with van der Waals surface area (Å²) in [5.74, 6) is 0. The zero-order valence-electron chi connectivity index (χ0n) is 21.5. The van der Waals surface area contributed by atoms with E-state index in [1.807, 2.05) is 0 Å². The predicted octanol–water partition coefficient (Wildman–Crippen LogP) is 11.6. The topological polar surface area (TPSA) is 13.1 Å². The number of hydrogen-bond acceptors (Lipinski definition) is 2. The summed E-state index contributed by atoms with van der Waals surface area (Å²) >= 11 is 1.73. The van der Waals surface area contributed by atoms with Crippen molar-refractivity contribution in [3.05, 3.63) is 133 Å². The molecule has 40 heavy (non-hydrogen) atoms. The lowest BCUT2D eigenvalue weighted by molar-refractivity contribution is 0.678. The highest BCUT2D eigenvalue weighted by Crippen LogP contribution is 2.46. The molecule has 0 radical (unpaired) electrons. The second-order valence-corrected chi connectivity index (χ2v) is 11.5. The number of thiophene rings is 1. The number of benzene rings is 7. The maximum absolute atomic E-state index is 6.33. The summed E-state index contributed by atoms with van der Waals surface area (Å²) in [4.78, 5) is 0.995. The Morgan fingerprint density at radius 1 is 0.425 bits per heavy atom. The highest BCUT2D eigenvalue weighted by atomic mass is 32.1. The van der Waals surface area contributed by atoms with Gasteiger partial charge in [-0.3, -0.25) is 0 Å². The second kappa shape index (κ2) is 8.29. The molecule has 0 bridgehead atoms. The van der Waals surface area contributed by atoms with Crippen molar-refractivity contribution < 1.29 is 4.42 Å². The third kappa shape index (κ3) is 3.08. The maximum atomic E-state index is 6.33. The zero-order chi connectivity index (χ0) is 26.2. The van der Waals surface area contributed by atoms with Crippen LogP contribution < -0.4 is 0 Å². The van der Waals surface area contributed by atoms with E-state index >= 15 is 0 Å². The van der Waals surface area contributed by atoms with Crippen LogP contribution in [0.1, 0.15) is 0 Å². The number of rotatable bonds is 2. The summed E-state index contributed by atoms with van der Waals surface area (Å²) in [6, 6.07) is 48.5. The molecule has 0 fully saturated rings. The van der Waals surface area contributed by atoms with E-state index in [0.717, 1.165) is 10.5 Å². The standard InChI is InChI=1S/C38H22OS/c1-2-10-24-21-25(18-17-23(24)9-1)35-27-11-3-5-13-29(27)36(30-14-6-4-12-28(30)35)26-19-20-33-32(22-26)37-31-15-7-8-16-34(31)40-38(37)39-33/h1-22H. The van der Waals surface area contributed by atoms with Crippen LogP contribution in [-0.4, -0.2) is 0 Å². The first-order chi connectivity index (χ1) is 19.8. The Morgan fingerprint density at radius 3 is 1.68 bits per heavy atom. The minimum Gasteiger partial charge on any atom is -0.445 e. The summed E-state index contributed by atoms with van der Waals surface area (Å²) < 4.78 is 7.60. The van der Waals surface area contributed by atoms with Crippen molar-refractivity contribution in [2.75, 3.05) is 0 Å². The molecule has 186 valence electrons. The van der Waals surface area contributed by atoms with Gasteiger partial charge < -0.3 is 4.42 Å². The SMILES string of the molecule is c1ccc2cc(-c3c4ccccc4c(-c4ccc5oc6sc7ccccc7c6c5c4)c4ccccc34)ccc2c1. The fourth-order valence-electron chi connectivity index (χ4n) is 6.51. The highest BCUT2D eigenvalue weighted by molar-refractivity contribution is 7.25. The van der Waals surface area contributed by atoms with Crippen LogP contribution in [0.15, 0.2) is 138 Å². The Morgan fingerprint density at radius 2 is 0.975 bits per heavy atom. The first-order valence-corrected chi connectivity index (χ1v) is 14.4. The molecule has 9 rings (SSSR count). The molecule has 9 aromatic rings. The molecule has 0 saturated carbocycles. The molecule has 0 saturated heterocycles. The average Bonchev–Trinajstić information content (AvgIpc) is 3.55. The van der Waals surface area contributed by atoms with Crippen LogP contribution in [0.25, 0.3) is 85.9 Å². The molecule has 0 atom stereocenters. The molecule has 0 spiro atoms. The van der Waals surface area contributed by atoms with Gasteiger partial charge in [-0.2, -0.15) is 0 Å². The molecule has 2 heterocycles. The van der Waals surface area contributed by atoms with Crippen molar-refractivity contribution >= 4 is 75.0 Å². The summed E-state index contributed by atoms with van der Waals surface area (Å²) in [6.45, 7) is 0. The normalized spacial score (nSPS) is 12.0. The van der Waals surface area contributed by atoms with Gasteiger partial charge in [-0.15, -0.1) is 0 Å². The smallest absolute Gasteiger partial charge is 0.190 e. The van der Waals surface area contributed by atoms with Gasteiger partial charge in [0.1, 0.15) is 5.58 Å². The zero-order valence-corrected chi connectivity index (χ0v) is 22.3. The predicted molar refractivity (Wildman–Crippen MR) is 172 cm³/mol. The fourth-order valence-corrected chi connectivity index (χ4v) is 7.59. The van der Waals surface area contributed by atoms with E-state index in [4.69, 9.17) is 4.42 Å². The number of fused-ring (bicyclic) bond motifs is 8. The van der Waals surface area contributed by atoms with Gasteiger partial charge >= 0.3 is 0 Å². The lowest BCUT2D eigenvalue weighted by atomic mass is 9.85. The summed E-state index contributed by atoms with van der Waals surface area (Å²) in [5.41, 5.74) is 5.96. The van der Waals surface area contributed by atoms with Crippen molar-refractivity contribution in [2.45, 2.75) is 0 Å². The van der Waals surface area contributed by atoms with E-state index in [2.05, 4.69) is 133 Å². The van der Waals surface area contributed by atoms with E-state index < -0.39 is 0 Å².